The van der Waals surface area contributed by atoms with Gasteiger partial charge in [0, 0.05) is 37.5 Å². The summed E-state index contributed by atoms with van der Waals surface area (Å²) in [7, 11) is 1.69. The van der Waals surface area contributed by atoms with Crippen LogP contribution in [0.2, 0.25) is 0 Å². The van der Waals surface area contributed by atoms with Crippen molar-refractivity contribution in [3.8, 4) is 5.75 Å². The van der Waals surface area contributed by atoms with Crippen LogP contribution in [0.15, 0.2) is 53.5 Å². The first-order chi connectivity index (χ1) is 16.5. The maximum atomic E-state index is 13.2. The summed E-state index contributed by atoms with van der Waals surface area (Å²) in [5, 5.41) is 0.618. The first-order valence-electron chi connectivity index (χ1n) is 12.3. The van der Waals surface area contributed by atoms with Crippen LogP contribution in [0.5, 0.6) is 5.75 Å². The molecule has 2 aromatic rings. The highest BCUT2D eigenvalue weighted by Crippen LogP contribution is 2.35. The van der Waals surface area contributed by atoms with Gasteiger partial charge in [-0.25, -0.2) is 0 Å². The van der Waals surface area contributed by atoms with Crippen LogP contribution in [-0.2, 0) is 5.54 Å². The number of carbonyl (C=O) groups is 1. The highest BCUT2D eigenvalue weighted by molar-refractivity contribution is 8.13. The zero-order valence-electron chi connectivity index (χ0n) is 21.5. The van der Waals surface area contributed by atoms with Gasteiger partial charge in [-0.1, -0.05) is 63.7 Å². The Hall–Kier alpha value is -2.67. The molecule has 7 heteroatoms. The smallest absolute Gasteiger partial charge is 0.253 e. The molecule has 1 amide bonds. The molecule has 2 aliphatic heterocycles. The summed E-state index contributed by atoms with van der Waals surface area (Å²) >= 11 is 1.59. The number of amides is 1. The number of anilines is 1. The van der Waals surface area contributed by atoms with E-state index in [2.05, 4.69) is 22.9 Å². The molecule has 2 aromatic carbocycles. The number of hydrogen-bond acceptors (Lipinski definition) is 6. The number of ether oxygens (including phenoxy) is 1. The van der Waals surface area contributed by atoms with Crippen LogP contribution in [0.4, 0.5) is 5.69 Å². The number of hydrogen-bond donors (Lipinski definition) is 1. The summed E-state index contributed by atoms with van der Waals surface area (Å²) in [5.41, 5.74) is 8.44. The van der Waals surface area contributed by atoms with Gasteiger partial charge in [0.2, 0.25) is 0 Å². The van der Waals surface area contributed by atoms with Crippen molar-refractivity contribution in [3.63, 3.8) is 0 Å². The fourth-order valence-electron chi connectivity index (χ4n) is 4.11. The molecule has 2 aliphatic rings. The molecule has 1 unspecified atom stereocenters. The van der Waals surface area contributed by atoms with E-state index >= 15 is 0 Å². The molecule has 0 aromatic heterocycles. The molecule has 0 aliphatic carbocycles. The van der Waals surface area contributed by atoms with Crippen molar-refractivity contribution >= 4 is 28.5 Å². The second kappa shape index (κ2) is 13.3. The van der Waals surface area contributed by atoms with E-state index < -0.39 is 0 Å². The topological polar surface area (TPSA) is 71.2 Å². The van der Waals surface area contributed by atoms with Crippen molar-refractivity contribution in [2.75, 3.05) is 43.9 Å². The fourth-order valence-corrected chi connectivity index (χ4v) is 5.08. The van der Waals surface area contributed by atoms with Crippen molar-refractivity contribution in [2.45, 2.75) is 46.6 Å². The molecule has 4 rings (SSSR count). The SMILES string of the molecule is CC.CC.COc1ccccc1N1CCN(C(=O)c2cccc(C3(C)CCSC(N)=N3)c2)CC1. The van der Waals surface area contributed by atoms with E-state index in [0.717, 1.165) is 42.3 Å². The molecule has 2 heterocycles. The van der Waals surface area contributed by atoms with Gasteiger partial charge in [0.05, 0.1) is 18.3 Å². The lowest BCUT2D eigenvalue weighted by Crippen LogP contribution is -2.49. The maximum Gasteiger partial charge on any atom is 0.253 e. The maximum absolute atomic E-state index is 13.2. The molecular formula is C27H40N4O2S. The van der Waals surface area contributed by atoms with Gasteiger partial charge < -0.3 is 20.3 Å². The van der Waals surface area contributed by atoms with Gasteiger partial charge in [0.1, 0.15) is 5.75 Å². The third-order valence-electron chi connectivity index (χ3n) is 5.92. The Bertz CT molecular complexity index is 957. The summed E-state index contributed by atoms with van der Waals surface area (Å²) in [4.78, 5) is 22.1. The zero-order valence-corrected chi connectivity index (χ0v) is 22.3. The zero-order chi connectivity index (χ0) is 25.1. The molecule has 0 saturated carbocycles. The standard InChI is InChI=1S/C23H28N4O2S.2C2H6/c1-23(10-15-30-22(24)25-23)18-7-5-6-17(16-18)21(28)27-13-11-26(12-14-27)19-8-3-4-9-20(19)29-2;2*1-2/h3-9,16H,10-15H2,1-2H3,(H2,24,25);2*1-2H3. The Balaban J connectivity index is 0.000000970. The van der Waals surface area contributed by atoms with Crippen LogP contribution < -0.4 is 15.4 Å². The number of methoxy groups -OCH3 is 1. The number of rotatable bonds is 4. The normalized spacial score (nSPS) is 19.6. The van der Waals surface area contributed by atoms with Gasteiger partial charge in [0.15, 0.2) is 5.17 Å². The van der Waals surface area contributed by atoms with Gasteiger partial charge in [-0.3, -0.25) is 9.79 Å². The van der Waals surface area contributed by atoms with Gasteiger partial charge >= 0.3 is 0 Å². The van der Waals surface area contributed by atoms with E-state index in [0.29, 0.717) is 23.8 Å². The van der Waals surface area contributed by atoms with E-state index in [-0.39, 0.29) is 11.4 Å². The molecular weight excluding hydrogens is 444 g/mol. The van der Waals surface area contributed by atoms with Gasteiger partial charge in [-0.05, 0) is 43.2 Å². The number of piperazine rings is 1. The third kappa shape index (κ3) is 6.47. The molecule has 1 atom stereocenters. The minimum atomic E-state index is -0.367. The predicted molar refractivity (Wildman–Crippen MR) is 146 cm³/mol. The predicted octanol–water partition coefficient (Wildman–Crippen LogP) is 5.38. The number of aliphatic imine (C=N–C) groups is 1. The van der Waals surface area contributed by atoms with Crippen LogP contribution in [0.1, 0.15) is 57.0 Å². The van der Waals surface area contributed by atoms with Crippen molar-refractivity contribution in [2.24, 2.45) is 10.7 Å². The van der Waals surface area contributed by atoms with Gasteiger partial charge in [0.25, 0.3) is 5.91 Å². The second-order valence-electron chi connectivity index (χ2n) is 7.85. The highest BCUT2D eigenvalue weighted by Gasteiger charge is 2.31. The van der Waals surface area contributed by atoms with Crippen LogP contribution in [0.3, 0.4) is 0 Å². The minimum Gasteiger partial charge on any atom is -0.495 e. The monoisotopic (exact) mass is 484 g/mol. The van der Waals surface area contributed by atoms with E-state index in [1.807, 2.05) is 75.1 Å². The van der Waals surface area contributed by atoms with Crippen molar-refractivity contribution in [3.05, 3.63) is 59.7 Å². The number of amidine groups is 1. The third-order valence-corrected chi connectivity index (χ3v) is 6.72. The molecule has 0 radical (unpaired) electrons. The Morgan fingerprint density at radius 3 is 2.35 bits per heavy atom. The van der Waals surface area contributed by atoms with E-state index in [1.165, 1.54) is 0 Å². The van der Waals surface area contributed by atoms with Crippen molar-refractivity contribution in [1.29, 1.82) is 0 Å². The van der Waals surface area contributed by atoms with Crippen molar-refractivity contribution in [1.82, 2.24) is 4.90 Å². The Morgan fingerprint density at radius 1 is 1.03 bits per heavy atom. The average molecular weight is 485 g/mol. The summed E-state index contributed by atoms with van der Waals surface area (Å²) < 4.78 is 5.49. The Kier molecular flexibility index (Phi) is 10.8. The summed E-state index contributed by atoms with van der Waals surface area (Å²) in [6, 6.07) is 15.9. The van der Waals surface area contributed by atoms with Crippen LogP contribution in [0, 0.1) is 0 Å². The first kappa shape index (κ1) is 27.6. The minimum absolute atomic E-state index is 0.0715. The van der Waals surface area contributed by atoms with Gasteiger partial charge in [-0.2, -0.15) is 0 Å². The van der Waals surface area contributed by atoms with Crippen LogP contribution in [-0.4, -0.2) is 55.0 Å². The lowest BCUT2D eigenvalue weighted by molar-refractivity contribution is 0.0746. The van der Waals surface area contributed by atoms with E-state index in [9.17, 15) is 4.79 Å². The summed E-state index contributed by atoms with van der Waals surface area (Å²) in [6.45, 7) is 13.0. The number of para-hydroxylation sites is 2. The lowest BCUT2D eigenvalue weighted by atomic mass is 9.88. The number of carbonyl (C=O) groups excluding carboxylic acids is 1. The van der Waals surface area contributed by atoms with Gasteiger partial charge in [-0.15, -0.1) is 0 Å². The van der Waals surface area contributed by atoms with Crippen LogP contribution in [0.25, 0.3) is 0 Å². The number of nitrogens with two attached hydrogens (primary N) is 1. The largest absolute Gasteiger partial charge is 0.495 e. The van der Waals surface area contributed by atoms with Crippen LogP contribution >= 0.6 is 11.8 Å². The molecule has 6 nitrogen and oxygen atoms in total. The molecule has 2 N–H and O–H groups in total. The Morgan fingerprint density at radius 2 is 1.71 bits per heavy atom. The second-order valence-corrected chi connectivity index (χ2v) is 8.97. The van der Waals surface area contributed by atoms with Crippen molar-refractivity contribution < 1.29 is 9.53 Å². The quantitative estimate of drug-likeness (QED) is 0.631. The van der Waals surface area contributed by atoms with E-state index in [1.54, 1.807) is 18.9 Å². The lowest BCUT2D eigenvalue weighted by Gasteiger charge is -2.37. The Labute approximate surface area is 209 Å². The first-order valence-corrected chi connectivity index (χ1v) is 13.2. The molecule has 186 valence electrons. The molecule has 34 heavy (non-hydrogen) atoms. The molecule has 1 saturated heterocycles. The molecule has 1 fully saturated rings. The van der Waals surface area contributed by atoms with E-state index in [4.69, 9.17) is 10.5 Å². The molecule has 0 spiro atoms. The summed E-state index contributed by atoms with van der Waals surface area (Å²) in [5.74, 6) is 1.88. The summed E-state index contributed by atoms with van der Waals surface area (Å²) in [6.07, 6.45) is 0.910. The number of benzene rings is 2. The highest BCUT2D eigenvalue weighted by atomic mass is 32.2. The number of nitrogens with zero attached hydrogens (tertiary/aromatic N) is 3. The fraction of sp³-hybridized carbons (Fsp3) is 0.481. The molecule has 0 bridgehead atoms. The number of thioether (sulfide) groups is 1. The average Bonchev–Trinajstić information content (AvgIpc) is 2.90.